The minimum atomic E-state index is -0.0893. The molecule has 0 atom stereocenters. The van der Waals surface area contributed by atoms with Gasteiger partial charge < -0.3 is 11.1 Å². The Bertz CT molecular complexity index is 559. The molecule has 0 aliphatic rings. The number of nitrogens with one attached hydrogen (secondary N) is 1. The first-order chi connectivity index (χ1) is 9.72. The zero-order valence-corrected chi connectivity index (χ0v) is 11.7. The van der Waals surface area contributed by atoms with Crippen molar-refractivity contribution < 1.29 is 4.79 Å². The Morgan fingerprint density at radius 1 is 1.00 bits per heavy atom. The van der Waals surface area contributed by atoms with Crippen LogP contribution < -0.4 is 11.1 Å². The molecule has 2 rings (SSSR count). The van der Waals surface area contributed by atoms with Gasteiger partial charge in [0.05, 0.1) is 0 Å². The van der Waals surface area contributed by atoms with Gasteiger partial charge in [0.2, 0.25) is 0 Å². The fraction of sp³-hybridized carbons (Fsp3) is 0.235. The van der Waals surface area contributed by atoms with Crippen LogP contribution in [0.4, 0.5) is 5.69 Å². The average Bonchev–Trinajstić information content (AvgIpc) is 2.49. The zero-order valence-electron chi connectivity index (χ0n) is 11.7. The van der Waals surface area contributed by atoms with Gasteiger partial charge in [-0.05, 0) is 54.8 Å². The first kappa shape index (κ1) is 14.3. The predicted molar refractivity (Wildman–Crippen MR) is 83.0 cm³/mol. The molecule has 0 aliphatic heterocycles. The van der Waals surface area contributed by atoms with Crippen molar-refractivity contribution in [2.75, 3.05) is 11.9 Å². The maximum absolute atomic E-state index is 12.1. The molecule has 0 saturated heterocycles. The number of aryl methyl sites for hydroxylation is 1. The van der Waals surface area contributed by atoms with Gasteiger partial charge in [0.1, 0.15) is 0 Å². The molecule has 3 heteroatoms. The van der Waals surface area contributed by atoms with E-state index in [1.54, 1.807) is 0 Å². The van der Waals surface area contributed by atoms with Gasteiger partial charge in [-0.2, -0.15) is 0 Å². The SMILES string of the molecule is CCc1ccc(NC(=O)c2ccc(CCN)cc2)cc1. The van der Waals surface area contributed by atoms with E-state index in [2.05, 4.69) is 12.2 Å². The Kier molecular flexibility index (Phi) is 4.91. The van der Waals surface area contributed by atoms with E-state index in [4.69, 9.17) is 5.73 Å². The van der Waals surface area contributed by atoms with E-state index < -0.39 is 0 Å². The molecule has 0 aromatic heterocycles. The average molecular weight is 268 g/mol. The van der Waals surface area contributed by atoms with Gasteiger partial charge in [0.25, 0.3) is 5.91 Å². The Balaban J connectivity index is 2.03. The van der Waals surface area contributed by atoms with E-state index in [1.807, 2.05) is 48.5 Å². The van der Waals surface area contributed by atoms with Crippen molar-refractivity contribution in [3.8, 4) is 0 Å². The fourth-order valence-electron chi connectivity index (χ4n) is 2.02. The lowest BCUT2D eigenvalue weighted by Crippen LogP contribution is -2.12. The van der Waals surface area contributed by atoms with Crippen LogP contribution in [0, 0.1) is 0 Å². The minimum Gasteiger partial charge on any atom is -0.330 e. The number of anilines is 1. The molecule has 2 aromatic rings. The second-order valence-electron chi connectivity index (χ2n) is 4.74. The first-order valence-electron chi connectivity index (χ1n) is 6.92. The third-order valence-electron chi connectivity index (χ3n) is 3.27. The summed E-state index contributed by atoms with van der Waals surface area (Å²) in [6.07, 6.45) is 1.83. The molecule has 0 aliphatic carbocycles. The van der Waals surface area contributed by atoms with Crippen LogP contribution in [0.15, 0.2) is 48.5 Å². The number of benzene rings is 2. The van der Waals surface area contributed by atoms with E-state index in [0.29, 0.717) is 12.1 Å². The van der Waals surface area contributed by atoms with Gasteiger partial charge in [0, 0.05) is 11.3 Å². The number of hydrogen-bond donors (Lipinski definition) is 2. The highest BCUT2D eigenvalue weighted by Gasteiger charge is 2.05. The van der Waals surface area contributed by atoms with E-state index in [9.17, 15) is 4.79 Å². The fourth-order valence-corrected chi connectivity index (χ4v) is 2.02. The zero-order chi connectivity index (χ0) is 14.4. The first-order valence-corrected chi connectivity index (χ1v) is 6.92. The van der Waals surface area contributed by atoms with Crippen LogP contribution in [0.3, 0.4) is 0 Å². The summed E-state index contributed by atoms with van der Waals surface area (Å²) in [5, 5.41) is 2.90. The van der Waals surface area contributed by atoms with Gasteiger partial charge in [-0.25, -0.2) is 0 Å². The number of amides is 1. The second kappa shape index (κ2) is 6.87. The Hall–Kier alpha value is -2.13. The molecule has 2 aromatic carbocycles. The molecule has 0 radical (unpaired) electrons. The lowest BCUT2D eigenvalue weighted by Gasteiger charge is -2.07. The monoisotopic (exact) mass is 268 g/mol. The van der Waals surface area contributed by atoms with Crippen molar-refractivity contribution in [2.45, 2.75) is 19.8 Å². The number of rotatable bonds is 5. The number of carbonyl (C=O) groups is 1. The summed E-state index contributed by atoms with van der Waals surface area (Å²) >= 11 is 0. The van der Waals surface area contributed by atoms with Crippen LogP contribution in [0.1, 0.15) is 28.4 Å². The van der Waals surface area contributed by atoms with Gasteiger partial charge in [-0.15, -0.1) is 0 Å². The molecule has 104 valence electrons. The summed E-state index contributed by atoms with van der Waals surface area (Å²) in [6.45, 7) is 2.73. The van der Waals surface area contributed by atoms with E-state index in [1.165, 1.54) is 5.56 Å². The summed E-state index contributed by atoms with van der Waals surface area (Å²) in [7, 11) is 0. The van der Waals surface area contributed by atoms with Crippen molar-refractivity contribution in [1.82, 2.24) is 0 Å². The van der Waals surface area contributed by atoms with Crippen LogP contribution >= 0.6 is 0 Å². The van der Waals surface area contributed by atoms with E-state index >= 15 is 0 Å². The molecular formula is C17H20N2O. The molecule has 0 saturated carbocycles. The van der Waals surface area contributed by atoms with Crippen molar-refractivity contribution in [3.05, 3.63) is 65.2 Å². The maximum Gasteiger partial charge on any atom is 0.255 e. The van der Waals surface area contributed by atoms with Crippen LogP contribution in [0.25, 0.3) is 0 Å². The van der Waals surface area contributed by atoms with Gasteiger partial charge in [-0.1, -0.05) is 31.2 Å². The third-order valence-corrected chi connectivity index (χ3v) is 3.27. The highest BCUT2D eigenvalue weighted by atomic mass is 16.1. The van der Waals surface area contributed by atoms with Crippen molar-refractivity contribution in [2.24, 2.45) is 5.73 Å². The van der Waals surface area contributed by atoms with Gasteiger partial charge in [-0.3, -0.25) is 4.79 Å². The lowest BCUT2D eigenvalue weighted by atomic mass is 10.1. The summed E-state index contributed by atoms with van der Waals surface area (Å²) in [6, 6.07) is 15.5. The predicted octanol–water partition coefficient (Wildman–Crippen LogP) is 3.00. The summed E-state index contributed by atoms with van der Waals surface area (Å²) in [5.74, 6) is -0.0893. The standard InChI is InChI=1S/C17H20N2O/c1-2-13-5-9-16(10-6-13)19-17(20)15-7-3-14(4-8-15)11-12-18/h3-10H,2,11-12,18H2,1H3,(H,19,20). The third kappa shape index (κ3) is 3.68. The second-order valence-corrected chi connectivity index (χ2v) is 4.74. The summed E-state index contributed by atoms with van der Waals surface area (Å²) in [5.41, 5.74) is 9.39. The Morgan fingerprint density at radius 3 is 2.15 bits per heavy atom. The Morgan fingerprint density at radius 2 is 1.60 bits per heavy atom. The Labute approximate surface area is 119 Å². The largest absolute Gasteiger partial charge is 0.330 e. The summed E-state index contributed by atoms with van der Waals surface area (Å²) in [4.78, 5) is 12.1. The van der Waals surface area contributed by atoms with Crippen LogP contribution in [0.5, 0.6) is 0 Å². The number of hydrogen-bond acceptors (Lipinski definition) is 2. The topological polar surface area (TPSA) is 55.1 Å². The van der Waals surface area contributed by atoms with E-state index in [0.717, 1.165) is 24.1 Å². The van der Waals surface area contributed by atoms with Crippen molar-refractivity contribution >= 4 is 11.6 Å². The molecule has 3 nitrogen and oxygen atoms in total. The van der Waals surface area contributed by atoms with Crippen molar-refractivity contribution in [3.63, 3.8) is 0 Å². The molecule has 0 bridgehead atoms. The maximum atomic E-state index is 12.1. The molecule has 0 heterocycles. The number of carbonyl (C=O) groups excluding carboxylic acids is 1. The molecule has 0 fully saturated rings. The molecule has 3 N–H and O–H groups in total. The van der Waals surface area contributed by atoms with Gasteiger partial charge in [0.15, 0.2) is 0 Å². The van der Waals surface area contributed by atoms with E-state index in [-0.39, 0.29) is 5.91 Å². The molecule has 0 spiro atoms. The molecule has 1 amide bonds. The molecular weight excluding hydrogens is 248 g/mol. The van der Waals surface area contributed by atoms with Crippen LogP contribution in [-0.2, 0) is 12.8 Å². The highest BCUT2D eigenvalue weighted by Crippen LogP contribution is 2.12. The smallest absolute Gasteiger partial charge is 0.255 e. The summed E-state index contributed by atoms with van der Waals surface area (Å²) < 4.78 is 0. The lowest BCUT2D eigenvalue weighted by molar-refractivity contribution is 0.102. The van der Waals surface area contributed by atoms with Gasteiger partial charge >= 0.3 is 0 Å². The van der Waals surface area contributed by atoms with Crippen LogP contribution in [-0.4, -0.2) is 12.5 Å². The molecule has 20 heavy (non-hydrogen) atoms. The number of nitrogens with two attached hydrogens (primary N) is 1. The minimum absolute atomic E-state index is 0.0893. The molecule has 0 unspecified atom stereocenters. The van der Waals surface area contributed by atoms with Crippen LogP contribution in [0.2, 0.25) is 0 Å². The normalized spacial score (nSPS) is 10.3. The quantitative estimate of drug-likeness (QED) is 0.875. The highest BCUT2D eigenvalue weighted by molar-refractivity contribution is 6.04. The van der Waals surface area contributed by atoms with Crippen molar-refractivity contribution in [1.29, 1.82) is 0 Å².